The van der Waals surface area contributed by atoms with Gasteiger partial charge in [-0.3, -0.25) is 0 Å². The molecule has 0 fully saturated rings. The predicted molar refractivity (Wildman–Crippen MR) is 65.9 cm³/mol. The summed E-state index contributed by atoms with van der Waals surface area (Å²) >= 11 is 0. The zero-order valence-corrected chi connectivity index (χ0v) is 9.48. The Morgan fingerprint density at radius 2 is 2.06 bits per heavy atom. The Morgan fingerprint density at radius 3 is 2.69 bits per heavy atom. The molecule has 16 heavy (non-hydrogen) atoms. The molecule has 0 aromatic heterocycles. The van der Waals surface area contributed by atoms with E-state index in [0.29, 0.717) is 18.6 Å². The maximum atomic E-state index is 11.2. The number of hydrogen-bond donors (Lipinski definition) is 0. The van der Waals surface area contributed by atoms with Crippen LogP contribution in [0.25, 0.3) is 6.08 Å². The number of esters is 1. The monoisotopic (exact) mass is 216 g/mol. The highest BCUT2D eigenvalue weighted by molar-refractivity contribution is 5.88. The van der Waals surface area contributed by atoms with E-state index in [4.69, 9.17) is 4.74 Å². The molecule has 1 rings (SSSR count). The van der Waals surface area contributed by atoms with Crippen LogP contribution < -0.4 is 0 Å². The molecule has 0 saturated heterocycles. The summed E-state index contributed by atoms with van der Waals surface area (Å²) in [7, 11) is 0. The van der Waals surface area contributed by atoms with Gasteiger partial charge in [0.25, 0.3) is 0 Å². The highest BCUT2D eigenvalue weighted by atomic mass is 16.5. The first-order chi connectivity index (χ1) is 7.74. The van der Waals surface area contributed by atoms with E-state index in [9.17, 15) is 4.79 Å². The third kappa shape index (κ3) is 4.13. The Balaban J connectivity index is 2.43. The molecule has 0 unspecified atom stereocenters. The van der Waals surface area contributed by atoms with Crippen molar-refractivity contribution in [1.82, 2.24) is 0 Å². The maximum absolute atomic E-state index is 11.2. The van der Waals surface area contributed by atoms with Crippen LogP contribution >= 0.6 is 0 Å². The van der Waals surface area contributed by atoms with E-state index < -0.39 is 0 Å². The molecule has 0 radical (unpaired) electrons. The molecule has 0 amide bonds. The number of carbonyl (C=O) groups excluding carboxylic acids is 1. The summed E-state index contributed by atoms with van der Waals surface area (Å²) in [6, 6.07) is 9.92. The van der Waals surface area contributed by atoms with E-state index in [1.807, 2.05) is 42.5 Å². The van der Waals surface area contributed by atoms with E-state index in [-0.39, 0.29) is 5.97 Å². The average Bonchev–Trinajstić information content (AvgIpc) is 2.30. The molecular formula is C14H16O2. The van der Waals surface area contributed by atoms with Crippen LogP contribution in [-0.4, -0.2) is 12.6 Å². The minimum Gasteiger partial charge on any atom is -0.463 e. The van der Waals surface area contributed by atoms with E-state index in [2.05, 4.69) is 6.58 Å². The van der Waals surface area contributed by atoms with Crippen molar-refractivity contribution in [1.29, 1.82) is 0 Å². The smallest absolute Gasteiger partial charge is 0.333 e. The molecule has 0 aliphatic rings. The molecule has 2 heteroatoms. The minimum atomic E-state index is -0.319. The molecule has 0 atom stereocenters. The van der Waals surface area contributed by atoms with Crippen molar-refractivity contribution < 1.29 is 9.53 Å². The summed E-state index contributed by atoms with van der Waals surface area (Å²) in [6.07, 6.45) is 4.40. The third-order valence-electron chi connectivity index (χ3n) is 2.04. The molecule has 0 aliphatic heterocycles. The second-order valence-electron chi connectivity index (χ2n) is 3.34. The SMILES string of the molecule is C=C(CC=Cc1ccccc1)C(=O)OCC. The normalized spacial score (nSPS) is 10.3. The molecule has 0 aliphatic carbocycles. The number of carbonyl (C=O) groups is 1. The maximum Gasteiger partial charge on any atom is 0.333 e. The van der Waals surface area contributed by atoms with Crippen molar-refractivity contribution in [2.75, 3.05) is 6.61 Å². The molecule has 0 spiro atoms. The summed E-state index contributed by atoms with van der Waals surface area (Å²) in [5, 5.41) is 0. The molecule has 1 aromatic carbocycles. The molecule has 84 valence electrons. The largest absolute Gasteiger partial charge is 0.463 e. The fourth-order valence-electron chi connectivity index (χ4n) is 1.22. The van der Waals surface area contributed by atoms with Crippen LogP contribution in [0.3, 0.4) is 0 Å². The van der Waals surface area contributed by atoms with Gasteiger partial charge in [0.2, 0.25) is 0 Å². The summed E-state index contributed by atoms with van der Waals surface area (Å²) < 4.78 is 4.83. The molecule has 2 nitrogen and oxygen atoms in total. The van der Waals surface area contributed by atoms with Crippen LogP contribution in [0.4, 0.5) is 0 Å². The van der Waals surface area contributed by atoms with Crippen LogP contribution in [0.15, 0.2) is 48.6 Å². The number of allylic oxidation sites excluding steroid dienone is 1. The Labute approximate surface area is 96.2 Å². The van der Waals surface area contributed by atoms with Gasteiger partial charge in [0.15, 0.2) is 0 Å². The number of hydrogen-bond acceptors (Lipinski definition) is 2. The van der Waals surface area contributed by atoms with Gasteiger partial charge in [-0.1, -0.05) is 49.1 Å². The Morgan fingerprint density at radius 1 is 1.38 bits per heavy atom. The van der Waals surface area contributed by atoms with E-state index in [0.717, 1.165) is 5.56 Å². The van der Waals surface area contributed by atoms with Crippen LogP contribution in [0, 0.1) is 0 Å². The summed E-state index contributed by atoms with van der Waals surface area (Å²) in [6.45, 7) is 5.85. The van der Waals surface area contributed by atoms with E-state index in [1.54, 1.807) is 6.92 Å². The lowest BCUT2D eigenvalue weighted by molar-refractivity contribution is -0.138. The number of ether oxygens (including phenoxy) is 1. The van der Waals surface area contributed by atoms with Gasteiger partial charge in [0.05, 0.1) is 6.61 Å². The first kappa shape index (κ1) is 12.2. The number of benzene rings is 1. The van der Waals surface area contributed by atoms with E-state index in [1.165, 1.54) is 0 Å². The zero-order valence-electron chi connectivity index (χ0n) is 9.48. The fourth-order valence-corrected chi connectivity index (χ4v) is 1.22. The van der Waals surface area contributed by atoms with Gasteiger partial charge < -0.3 is 4.74 Å². The van der Waals surface area contributed by atoms with E-state index >= 15 is 0 Å². The molecule has 0 saturated carbocycles. The third-order valence-corrected chi connectivity index (χ3v) is 2.04. The first-order valence-corrected chi connectivity index (χ1v) is 5.30. The predicted octanol–water partition coefficient (Wildman–Crippen LogP) is 3.21. The van der Waals surface area contributed by atoms with Crippen LogP contribution in [0.2, 0.25) is 0 Å². The molecular weight excluding hydrogens is 200 g/mol. The highest BCUT2D eigenvalue weighted by Crippen LogP contribution is 2.06. The summed E-state index contributed by atoms with van der Waals surface area (Å²) in [5.41, 5.74) is 1.59. The van der Waals surface area contributed by atoms with Crippen LogP contribution in [0.5, 0.6) is 0 Å². The number of rotatable bonds is 5. The van der Waals surface area contributed by atoms with Gasteiger partial charge in [0, 0.05) is 5.57 Å². The lowest BCUT2D eigenvalue weighted by atomic mass is 10.1. The van der Waals surface area contributed by atoms with Gasteiger partial charge >= 0.3 is 5.97 Å². The van der Waals surface area contributed by atoms with Gasteiger partial charge in [0.1, 0.15) is 0 Å². The highest BCUT2D eigenvalue weighted by Gasteiger charge is 2.04. The minimum absolute atomic E-state index is 0.319. The van der Waals surface area contributed by atoms with Gasteiger partial charge in [-0.25, -0.2) is 4.79 Å². The molecule has 0 heterocycles. The van der Waals surface area contributed by atoms with Crippen molar-refractivity contribution in [2.24, 2.45) is 0 Å². The van der Waals surface area contributed by atoms with Gasteiger partial charge in [-0.2, -0.15) is 0 Å². The van der Waals surface area contributed by atoms with Gasteiger partial charge in [-0.15, -0.1) is 0 Å². The zero-order chi connectivity index (χ0) is 11.8. The average molecular weight is 216 g/mol. The summed E-state index contributed by atoms with van der Waals surface area (Å²) in [4.78, 5) is 11.2. The lowest BCUT2D eigenvalue weighted by Crippen LogP contribution is -2.05. The topological polar surface area (TPSA) is 26.3 Å². The fraction of sp³-hybridized carbons (Fsp3) is 0.214. The molecule has 1 aromatic rings. The quantitative estimate of drug-likeness (QED) is 0.558. The molecule has 0 bridgehead atoms. The standard InChI is InChI=1S/C14H16O2/c1-3-16-14(15)12(2)8-7-11-13-9-5-4-6-10-13/h4-7,9-11H,2-3,8H2,1H3. The molecule has 0 N–H and O–H groups in total. The van der Waals surface area contributed by atoms with Crippen molar-refractivity contribution >= 4 is 12.0 Å². The van der Waals surface area contributed by atoms with Crippen molar-refractivity contribution in [3.05, 3.63) is 54.1 Å². The Bertz CT molecular complexity index is 377. The lowest BCUT2D eigenvalue weighted by Gasteiger charge is -2.01. The van der Waals surface area contributed by atoms with Gasteiger partial charge in [-0.05, 0) is 18.9 Å². The van der Waals surface area contributed by atoms with Crippen LogP contribution in [-0.2, 0) is 9.53 Å². The van der Waals surface area contributed by atoms with Crippen LogP contribution in [0.1, 0.15) is 18.9 Å². The summed E-state index contributed by atoms with van der Waals surface area (Å²) in [5.74, 6) is -0.319. The first-order valence-electron chi connectivity index (χ1n) is 5.30. The van der Waals surface area contributed by atoms with Crippen molar-refractivity contribution in [2.45, 2.75) is 13.3 Å². The van der Waals surface area contributed by atoms with Crippen molar-refractivity contribution in [3.8, 4) is 0 Å². The second-order valence-corrected chi connectivity index (χ2v) is 3.34. The second kappa shape index (κ2) is 6.62. The Hall–Kier alpha value is -1.83. The Kier molecular flexibility index (Phi) is 5.06. The van der Waals surface area contributed by atoms with Crippen molar-refractivity contribution in [3.63, 3.8) is 0 Å².